The molecule has 3 aromatic rings. The zero-order valence-corrected chi connectivity index (χ0v) is 11.3. The molecule has 0 radical (unpaired) electrons. The second kappa shape index (κ2) is 5.03. The molecule has 3 rings (SSSR count). The van der Waals surface area contributed by atoms with Gasteiger partial charge in [-0.25, -0.2) is 9.97 Å². The third kappa shape index (κ3) is 2.62. The van der Waals surface area contributed by atoms with Gasteiger partial charge in [0.15, 0.2) is 5.82 Å². The van der Waals surface area contributed by atoms with E-state index in [1.54, 1.807) is 0 Å². The van der Waals surface area contributed by atoms with Crippen LogP contribution in [0.4, 0.5) is 0 Å². The average molecular weight is 290 g/mol. The fraction of sp³-hybridized carbons (Fsp3) is 0. The quantitative estimate of drug-likeness (QED) is 0.661. The normalized spacial score (nSPS) is 10.6. The van der Waals surface area contributed by atoms with E-state index in [0.29, 0.717) is 16.1 Å². The maximum atomic E-state index is 5.87. The van der Waals surface area contributed by atoms with Crippen LogP contribution in [-0.4, -0.2) is 14.5 Å². The smallest absolute Gasteiger partial charge is 0.162 e. The lowest BCUT2D eigenvalue weighted by atomic mass is 10.2. The summed E-state index contributed by atoms with van der Waals surface area (Å²) in [6.45, 7) is 0. The molecule has 0 atom stereocenters. The summed E-state index contributed by atoms with van der Waals surface area (Å²) in [5.41, 5.74) is 1.95. The van der Waals surface area contributed by atoms with E-state index in [1.165, 1.54) is 6.07 Å². The number of rotatable bonds is 2. The Morgan fingerprint density at radius 2 is 1.42 bits per heavy atom. The highest BCUT2D eigenvalue weighted by Gasteiger charge is 2.05. The molecule has 3 nitrogen and oxygen atoms in total. The summed E-state index contributed by atoms with van der Waals surface area (Å²) in [4.78, 5) is 8.32. The molecule has 0 N–H and O–H groups in total. The molecule has 0 aliphatic carbocycles. The molecule has 0 saturated carbocycles. The van der Waals surface area contributed by atoms with Crippen LogP contribution in [0.1, 0.15) is 0 Å². The van der Waals surface area contributed by atoms with E-state index in [0.717, 1.165) is 11.3 Å². The van der Waals surface area contributed by atoms with E-state index in [2.05, 4.69) is 9.97 Å². The minimum Gasteiger partial charge on any atom is -0.324 e. The molecule has 0 spiro atoms. The van der Waals surface area contributed by atoms with Gasteiger partial charge in [0.25, 0.3) is 0 Å². The summed E-state index contributed by atoms with van der Waals surface area (Å²) in [7, 11) is 0. The third-order valence-electron chi connectivity index (χ3n) is 2.69. The Hall–Kier alpha value is -1.84. The molecule has 0 unspecified atom stereocenters. The third-order valence-corrected chi connectivity index (χ3v) is 3.08. The largest absolute Gasteiger partial charge is 0.324 e. The molecule has 19 heavy (non-hydrogen) atoms. The van der Waals surface area contributed by atoms with Crippen molar-refractivity contribution in [3.05, 3.63) is 65.2 Å². The van der Waals surface area contributed by atoms with Gasteiger partial charge in [-0.05, 0) is 36.4 Å². The first-order valence-electron chi connectivity index (χ1n) is 5.66. The van der Waals surface area contributed by atoms with Crippen molar-refractivity contribution >= 4 is 23.2 Å². The standard InChI is InChI=1S/C14H9Cl2N3/c15-12-9-13(16)18-14(17-12)10-3-5-11(6-4-10)19-7-1-2-8-19/h1-9H. The van der Waals surface area contributed by atoms with Crippen molar-refractivity contribution in [2.24, 2.45) is 0 Å². The van der Waals surface area contributed by atoms with Crippen molar-refractivity contribution < 1.29 is 0 Å². The van der Waals surface area contributed by atoms with Gasteiger partial charge in [-0.1, -0.05) is 23.2 Å². The minimum atomic E-state index is 0.337. The lowest BCUT2D eigenvalue weighted by molar-refractivity contribution is 1.08. The number of aromatic nitrogens is 3. The van der Waals surface area contributed by atoms with Gasteiger partial charge in [0.1, 0.15) is 10.3 Å². The van der Waals surface area contributed by atoms with Gasteiger partial charge in [0.05, 0.1) is 0 Å². The van der Waals surface area contributed by atoms with E-state index in [1.807, 2.05) is 53.4 Å². The van der Waals surface area contributed by atoms with Crippen LogP contribution >= 0.6 is 23.2 Å². The van der Waals surface area contributed by atoms with Crippen molar-refractivity contribution in [3.8, 4) is 17.1 Å². The molecule has 0 bridgehead atoms. The van der Waals surface area contributed by atoms with Crippen molar-refractivity contribution in [3.63, 3.8) is 0 Å². The van der Waals surface area contributed by atoms with Gasteiger partial charge < -0.3 is 4.57 Å². The molecule has 2 aromatic heterocycles. The van der Waals surface area contributed by atoms with Crippen molar-refractivity contribution in [1.29, 1.82) is 0 Å². The van der Waals surface area contributed by atoms with Gasteiger partial charge in [-0.3, -0.25) is 0 Å². The van der Waals surface area contributed by atoms with E-state index in [4.69, 9.17) is 23.2 Å². The highest BCUT2D eigenvalue weighted by Crippen LogP contribution is 2.21. The van der Waals surface area contributed by atoms with Crippen molar-refractivity contribution in [2.45, 2.75) is 0 Å². The Balaban J connectivity index is 1.98. The van der Waals surface area contributed by atoms with Crippen LogP contribution in [0, 0.1) is 0 Å². The Morgan fingerprint density at radius 3 is 2.00 bits per heavy atom. The van der Waals surface area contributed by atoms with E-state index in [9.17, 15) is 0 Å². The Kier molecular flexibility index (Phi) is 3.23. The molecular formula is C14H9Cl2N3. The number of halogens is 2. The molecule has 0 fully saturated rings. The Morgan fingerprint density at radius 1 is 0.842 bits per heavy atom. The first kappa shape index (κ1) is 12.2. The Bertz CT molecular complexity index is 671. The molecule has 0 aliphatic heterocycles. The molecule has 1 aromatic carbocycles. The molecule has 0 aliphatic rings. The molecule has 0 amide bonds. The zero-order valence-electron chi connectivity index (χ0n) is 9.79. The molecule has 5 heteroatoms. The molecule has 0 saturated heterocycles. The second-order valence-electron chi connectivity index (χ2n) is 3.97. The van der Waals surface area contributed by atoms with Crippen LogP contribution in [0.2, 0.25) is 10.3 Å². The molecular weight excluding hydrogens is 281 g/mol. The fourth-order valence-corrected chi connectivity index (χ4v) is 2.23. The summed E-state index contributed by atoms with van der Waals surface area (Å²) in [6, 6.07) is 13.3. The number of nitrogens with zero attached hydrogens (tertiary/aromatic N) is 3. The van der Waals surface area contributed by atoms with Crippen LogP contribution < -0.4 is 0 Å². The number of hydrogen-bond acceptors (Lipinski definition) is 2. The SMILES string of the molecule is Clc1cc(Cl)nc(-c2ccc(-n3cccc3)cc2)n1. The van der Waals surface area contributed by atoms with Crippen LogP contribution in [-0.2, 0) is 0 Å². The van der Waals surface area contributed by atoms with Crippen LogP contribution in [0.3, 0.4) is 0 Å². The maximum absolute atomic E-state index is 5.87. The van der Waals surface area contributed by atoms with Gasteiger partial charge in [0, 0.05) is 29.7 Å². The van der Waals surface area contributed by atoms with Gasteiger partial charge in [-0.2, -0.15) is 0 Å². The first-order chi connectivity index (χ1) is 9.22. The second-order valence-corrected chi connectivity index (χ2v) is 4.75. The lowest BCUT2D eigenvalue weighted by Crippen LogP contribution is -1.92. The van der Waals surface area contributed by atoms with Crippen LogP contribution in [0.25, 0.3) is 17.1 Å². The summed E-state index contributed by atoms with van der Waals surface area (Å²) < 4.78 is 2.02. The minimum absolute atomic E-state index is 0.337. The average Bonchev–Trinajstić information content (AvgIpc) is 2.91. The lowest BCUT2D eigenvalue weighted by Gasteiger charge is -2.05. The summed E-state index contributed by atoms with van der Waals surface area (Å²) >= 11 is 11.7. The van der Waals surface area contributed by atoms with Gasteiger partial charge in [-0.15, -0.1) is 0 Å². The highest BCUT2D eigenvalue weighted by atomic mass is 35.5. The van der Waals surface area contributed by atoms with Crippen LogP contribution in [0.15, 0.2) is 54.9 Å². The molecule has 94 valence electrons. The Labute approximate surface area is 120 Å². The molecule has 2 heterocycles. The first-order valence-corrected chi connectivity index (χ1v) is 6.42. The number of benzene rings is 1. The zero-order chi connectivity index (χ0) is 13.2. The predicted molar refractivity (Wildman–Crippen MR) is 76.8 cm³/mol. The summed E-state index contributed by atoms with van der Waals surface area (Å²) in [5, 5.41) is 0.675. The topological polar surface area (TPSA) is 30.7 Å². The summed E-state index contributed by atoms with van der Waals surface area (Å²) in [6.07, 6.45) is 3.98. The van der Waals surface area contributed by atoms with Crippen molar-refractivity contribution in [1.82, 2.24) is 14.5 Å². The summed E-state index contributed by atoms with van der Waals surface area (Å²) in [5.74, 6) is 0.525. The number of hydrogen-bond donors (Lipinski definition) is 0. The fourth-order valence-electron chi connectivity index (χ4n) is 1.81. The maximum Gasteiger partial charge on any atom is 0.162 e. The monoisotopic (exact) mass is 289 g/mol. The van der Waals surface area contributed by atoms with Crippen molar-refractivity contribution in [2.75, 3.05) is 0 Å². The van der Waals surface area contributed by atoms with E-state index >= 15 is 0 Å². The van der Waals surface area contributed by atoms with E-state index < -0.39 is 0 Å². The van der Waals surface area contributed by atoms with E-state index in [-0.39, 0.29) is 0 Å². The highest BCUT2D eigenvalue weighted by molar-refractivity contribution is 6.33. The van der Waals surface area contributed by atoms with Gasteiger partial charge in [0.2, 0.25) is 0 Å². The van der Waals surface area contributed by atoms with Crippen LogP contribution in [0.5, 0.6) is 0 Å². The van der Waals surface area contributed by atoms with Gasteiger partial charge >= 0.3 is 0 Å². The predicted octanol–water partition coefficient (Wildman–Crippen LogP) is 4.24.